The standard InChI is InChI=1S/C12H16O.C9H18O.C3H8O.CH4/c1-3-10(2)12-6-4-11(5-7-12)8-9-13;1-4-8-5-7(2)9(6-8)10-3;1-2-3-4;/h4-7,9-10H,3,8H2,1-2H3;7-9H,4-6H2,1-3H3;4H,2-3H2,1H3;1H4. The smallest absolute Gasteiger partial charge is 0.124 e. The summed E-state index contributed by atoms with van der Waals surface area (Å²) in [5.74, 6) is 2.33. The van der Waals surface area contributed by atoms with E-state index in [9.17, 15) is 4.79 Å². The summed E-state index contributed by atoms with van der Waals surface area (Å²) in [6.45, 7) is 11.2. The highest BCUT2D eigenvalue weighted by Crippen LogP contribution is 2.34. The van der Waals surface area contributed by atoms with Crippen LogP contribution in [0.1, 0.15) is 91.2 Å². The summed E-state index contributed by atoms with van der Waals surface area (Å²) in [4.78, 5) is 10.2. The summed E-state index contributed by atoms with van der Waals surface area (Å²) in [6.07, 6.45) is 8.03. The zero-order valence-electron chi connectivity index (χ0n) is 18.4. The Kier molecular flexibility index (Phi) is 18.5. The molecule has 0 heterocycles. The predicted molar refractivity (Wildman–Crippen MR) is 122 cm³/mol. The molecular weight excluding hydrogens is 348 g/mol. The van der Waals surface area contributed by atoms with Crippen molar-refractivity contribution < 1.29 is 14.6 Å². The van der Waals surface area contributed by atoms with Gasteiger partial charge in [-0.05, 0) is 54.6 Å². The van der Waals surface area contributed by atoms with Gasteiger partial charge in [-0.25, -0.2) is 0 Å². The Hall–Kier alpha value is -1.19. The maximum absolute atomic E-state index is 10.2. The third-order valence-electron chi connectivity index (χ3n) is 5.49. The van der Waals surface area contributed by atoms with E-state index in [2.05, 4.69) is 39.8 Å². The summed E-state index contributed by atoms with van der Waals surface area (Å²) in [7, 11) is 1.83. The van der Waals surface area contributed by atoms with Crippen LogP contribution in [-0.4, -0.2) is 31.2 Å². The van der Waals surface area contributed by atoms with Gasteiger partial charge < -0.3 is 14.6 Å². The van der Waals surface area contributed by atoms with Gasteiger partial charge in [0.1, 0.15) is 6.29 Å². The molecule has 28 heavy (non-hydrogen) atoms. The molecule has 3 nitrogen and oxygen atoms in total. The van der Waals surface area contributed by atoms with E-state index in [1.165, 1.54) is 24.8 Å². The minimum absolute atomic E-state index is 0. The van der Waals surface area contributed by atoms with Crippen LogP contribution in [0.25, 0.3) is 0 Å². The lowest BCUT2D eigenvalue weighted by Gasteiger charge is -2.11. The molecule has 1 aromatic carbocycles. The number of hydrogen-bond acceptors (Lipinski definition) is 3. The Morgan fingerprint density at radius 1 is 1.18 bits per heavy atom. The van der Waals surface area contributed by atoms with Gasteiger partial charge in [-0.3, -0.25) is 0 Å². The first-order chi connectivity index (χ1) is 13.0. The van der Waals surface area contributed by atoms with E-state index >= 15 is 0 Å². The highest BCUT2D eigenvalue weighted by molar-refractivity contribution is 5.54. The number of carbonyl (C=O) groups is 1. The Morgan fingerprint density at radius 2 is 1.75 bits per heavy atom. The molecule has 164 valence electrons. The van der Waals surface area contributed by atoms with E-state index in [0.29, 0.717) is 25.0 Å². The highest BCUT2D eigenvalue weighted by Gasteiger charge is 2.29. The zero-order chi connectivity index (χ0) is 20.7. The van der Waals surface area contributed by atoms with Crippen LogP contribution in [0.3, 0.4) is 0 Å². The van der Waals surface area contributed by atoms with Crippen LogP contribution in [0, 0.1) is 11.8 Å². The van der Waals surface area contributed by atoms with Gasteiger partial charge in [-0.1, -0.05) is 72.7 Å². The number of rotatable bonds is 7. The molecule has 0 saturated heterocycles. The van der Waals surface area contributed by atoms with Crippen molar-refractivity contribution in [2.45, 2.75) is 92.6 Å². The molecule has 1 saturated carbocycles. The third kappa shape index (κ3) is 11.6. The fraction of sp³-hybridized carbons (Fsp3) is 0.720. The second-order valence-corrected chi connectivity index (χ2v) is 7.64. The molecule has 4 atom stereocenters. The van der Waals surface area contributed by atoms with Gasteiger partial charge in [0.25, 0.3) is 0 Å². The molecule has 0 radical (unpaired) electrons. The Morgan fingerprint density at radius 3 is 2.07 bits per heavy atom. The number of methoxy groups -OCH3 is 1. The van der Waals surface area contributed by atoms with Gasteiger partial charge in [-0.15, -0.1) is 0 Å². The van der Waals surface area contributed by atoms with Gasteiger partial charge in [-0.2, -0.15) is 0 Å². The SMILES string of the molecule is C.CCC(C)c1ccc(CC=O)cc1.CCC1CC(C)C(OC)C1.CCCO. The van der Waals surface area contributed by atoms with Crippen molar-refractivity contribution in [2.24, 2.45) is 11.8 Å². The quantitative estimate of drug-likeness (QED) is 0.542. The van der Waals surface area contributed by atoms with Gasteiger partial charge in [0.2, 0.25) is 0 Å². The first kappa shape index (κ1) is 29.0. The lowest BCUT2D eigenvalue weighted by atomic mass is 9.97. The minimum Gasteiger partial charge on any atom is -0.396 e. The Bertz CT molecular complexity index is 467. The second kappa shape index (κ2) is 17.9. The van der Waals surface area contributed by atoms with Crippen molar-refractivity contribution in [3.8, 4) is 0 Å². The number of hydrogen-bond donors (Lipinski definition) is 1. The van der Waals surface area contributed by atoms with Crippen LogP contribution in [-0.2, 0) is 16.0 Å². The van der Waals surface area contributed by atoms with E-state index < -0.39 is 0 Å². The van der Waals surface area contributed by atoms with E-state index in [1.54, 1.807) is 0 Å². The molecule has 1 N–H and O–H groups in total. The summed E-state index contributed by atoms with van der Waals surface area (Å²) in [5.41, 5.74) is 2.46. The van der Waals surface area contributed by atoms with Crippen molar-refractivity contribution in [1.82, 2.24) is 0 Å². The normalized spacial score (nSPS) is 21.3. The maximum Gasteiger partial charge on any atom is 0.124 e. The first-order valence-electron chi connectivity index (χ1n) is 10.6. The second-order valence-electron chi connectivity index (χ2n) is 7.64. The van der Waals surface area contributed by atoms with Crippen molar-refractivity contribution in [1.29, 1.82) is 0 Å². The van der Waals surface area contributed by atoms with Crippen LogP contribution >= 0.6 is 0 Å². The zero-order valence-corrected chi connectivity index (χ0v) is 18.4. The molecule has 0 aromatic heterocycles. The van der Waals surface area contributed by atoms with E-state index in [0.717, 1.165) is 36.5 Å². The number of aliphatic hydroxyl groups excluding tert-OH is 1. The molecule has 1 aliphatic carbocycles. The molecule has 0 spiro atoms. The number of aldehydes is 1. The van der Waals surface area contributed by atoms with Gasteiger partial charge in [0.05, 0.1) is 6.10 Å². The highest BCUT2D eigenvalue weighted by atomic mass is 16.5. The van der Waals surface area contributed by atoms with Crippen LogP contribution in [0.4, 0.5) is 0 Å². The Labute approximate surface area is 174 Å². The van der Waals surface area contributed by atoms with E-state index in [4.69, 9.17) is 9.84 Å². The number of aliphatic hydroxyl groups is 1. The molecule has 1 fully saturated rings. The fourth-order valence-electron chi connectivity index (χ4n) is 3.31. The molecule has 1 aromatic rings. The molecule has 1 aliphatic rings. The summed E-state index contributed by atoms with van der Waals surface area (Å²) in [5, 5.41) is 7.88. The molecule has 4 unspecified atom stereocenters. The van der Waals surface area contributed by atoms with Gasteiger partial charge >= 0.3 is 0 Å². The van der Waals surface area contributed by atoms with Gasteiger partial charge in [0, 0.05) is 20.1 Å². The fourth-order valence-corrected chi connectivity index (χ4v) is 3.31. The van der Waals surface area contributed by atoms with E-state index in [-0.39, 0.29) is 7.43 Å². The largest absolute Gasteiger partial charge is 0.396 e. The molecule has 0 amide bonds. The maximum atomic E-state index is 10.2. The lowest BCUT2D eigenvalue weighted by Crippen LogP contribution is -2.12. The molecule has 0 bridgehead atoms. The van der Waals surface area contributed by atoms with Crippen molar-refractivity contribution >= 4 is 6.29 Å². The lowest BCUT2D eigenvalue weighted by molar-refractivity contribution is -0.107. The predicted octanol–water partition coefficient (Wildman–Crippen LogP) is 6.42. The summed E-state index contributed by atoms with van der Waals surface area (Å²) in [6, 6.07) is 8.31. The van der Waals surface area contributed by atoms with Crippen LogP contribution in [0.5, 0.6) is 0 Å². The number of ether oxygens (including phenoxy) is 1. The van der Waals surface area contributed by atoms with Crippen molar-refractivity contribution in [3.63, 3.8) is 0 Å². The average Bonchev–Trinajstić information content (AvgIpc) is 3.09. The summed E-state index contributed by atoms with van der Waals surface area (Å²) < 4.78 is 5.36. The molecule has 3 heteroatoms. The monoisotopic (exact) mass is 394 g/mol. The van der Waals surface area contributed by atoms with Crippen molar-refractivity contribution in [3.05, 3.63) is 35.4 Å². The number of benzene rings is 1. The first-order valence-corrected chi connectivity index (χ1v) is 10.6. The van der Waals surface area contributed by atoms with Crippen LogP contribution < -0.4 is 0 Å². The van der Waals surface area contributed by atoms with E-state index in [1.807, 2.05) is 26.2 Å². The number of carbonyl (C=O) groups excluding carboxylic acids is 1. The van der Waals surface area contributed by atoms with Crippen LogP contribution in [0.15, 0.2) is 24.3 Å². The molecule has 2 rings (SSSR count). The Balaban J connectivity index is 0. The topological polar surface area (TPSA) is 46.5 Å². The van der Waals surface area contributed by atoms with Gasteiger partial charge in [0.15, 0.2) is 0 Å². The third-order valence-corrected chi connectivity index (χ3v) is 5.49. The average molecular weight is 395 g/mol. The minimum atomic E-state index is 0. The summed E-state index contributed by atoms with van der Waals surface area (Å²) >= 11 is 0. The van der Waals surface area contributed by atoms with Crippen LogP contribution in [0.2, 0.25) is 0 Å². The molecular formula is C25H46O3. The van der Waals surface area contributed by atoms with Crippen molar-refractivity contribution in [2.75, 3.05) is 13.7 Å². The molecule has 0 aliphatic heterocycles.